The Kier molecular flexibility index (Phi) is 6.22. The predicted molar refractivity (Wildman–Crippen MR) is 122 cm³/mol. The molecule has 0 saturated carbocycles. The fraction of sp³-hybridized carbons (Fsp3) is 0.231. The van der Waals surface area contributed by atoms with Crippen molar-refractivity contribution in [2.75, 3.05) is 13.7 Å². The molecule has 7 nitrogen and oxygen atoms in total. The molecular weight excluding hydrogens is 422 g/mol. The first-order valence-corrected chi connectivity index (χ1v) is 10.6. The van der Waals surface area contributed by atoms with E-state index in [0.717, 1.165) is 16.9 Å². The molecule has 0 aliphatic carbocycles. The zero-order valence-electron chi connectivity index (χ0n) is 18.7. The normalized spacial score (nSPS) is 17.4. The molecule has 1 fully saturated rings. The molecule has 0 spiro atoms. The number of ether oxygens (including phenoxy) is 2. The SMILES string of the molecule is CCOc1ccc(CN2C(=O)C(=O)/C(=C(\O)c3ccc(OC)c(C)c3)C2c2ccco2)cc1. The molecule has 1 saturated heterocycles. The van der Waals surface area contributed by atoms with Gasteiger partial charge in [-0.15, -0.1) is 0 Å². The molecule has 1 N–H and O–H groups in total. The highest BCUT2D eigenvalue weighted by Crippen LogP contribution is 2.40. The van der Waals surface area contributed by atoms with E-state index in [1.807, 2.05) is 38.1 Å². The molecule has 0 bridgehead atoms. The molecule has 2 aromatic carbocycles. The Balaban J connectivity index is 1.76. The minimum atomic E-state index is -0.853. The third-order valence-electron chi connectivity index (χ3n) is 5.61. The van der Waals surface area contributed by atoms with Crippen LogP contribution in [0.5, 0.6) is 11.5 Å². The summed E-state index contributed by atoms with van der Waals surface area (Å²) in [5.41, 5.74) is 2.02. The zero-order chi connectivity index (χ0) is 23.5. The minimum absolute atomic E-state index is 0.00884. The maximum atomic E-state index is 13.1. The van der Waals surface area contributed by atoms with Gasteiger partial charge in [0.15, 0.2) is 0 Å². The molecule has 1 amide bonds. The van der Waals surface area contributed by atoms with E-state index in [4.69, 9.17) is 13.9 Å². The van der Waals surface area contributed by atoms with Crippen LogP contribution in [0.4, 0.5) is 0 Å². The van der Waals surface area contributed by atoms with Gasteiger partial charge in [0, 0.05) is 12.1 Å². The number of rotatable bonds is 7. The number of aliphatic hydroxyl groups excluding tert-OH is 1. The van der Waals surface area contributed by atoms with Crippen molar-refractivity contribution in [1.29, 1.82) is 0 Å². The van der Waals surface area contributed by atoms with Gasteiger partial charge in [-0.05, 0) is 67.4 Å². The van der Waals surface area contributed by atoms with E-state index in [1.165, 1.54) is 11.2 Å². The molecule has 1 unspecified atom stereocenters. The van der Waals surface area contributed by atoms with Gasteiger partial charge in [0.1, 0.15) is 29.1 Å². The van der Waals surface area contributed by atoms with Crippen LogP contribution in [0.15, 0.2) is 70.9 Å². The summed E-state index contributed by atoms with van der Waals surface area (Å²) >= 11 is 0. The topological polar surface area (TPSA) is 89.2 Å². The fourth-order valence-electron chi connectivity index (χ4n) is 4.02. The second-order valence-corrected chi connectivity index (χ2v) is 7.70. The molecule has 4 rings (SSSR count). The third-order valence-corrected chi connectivity index (χ3v) is 5.61. The summed E-state index contributed by atoms with van der Waals surface area (Å²) in [4.78, 5) is 27.5. The number of nitrogens with zero attached hydrogens (tertiary/aromatic N) is 1. The predicted octanol–water partition coefficient (Wildman–Crippen LogP) is 4.62. The van der Waals surface area contributed by atoms with Gasteiger partial charge in [-0.25, -0.2) is 0 Å². The second-order valence-electron chi connectivity index (χ2n) is 7.70. The molecular formula is C26H25NO6. The van der Waals surface area contributed by atoms with Crippen molar-refractivity contribution >= 4 is 17.4 Å². The number of methoxy groups -OCH3 is 1. The Morgan fingerprint density at radius 1 is 1.12 bits per heavy atom. The van der Waals surface area contributed by atoms with E-state index >= 15 is 0 Å². The number of aliphatic hydroxyl groups is 1. The largest absolute Gasteiger partial charge is 0.507 e. The third kappa shape index (κ3) is 4.22. The van der Waals surface area contributed by atoms with E-state index in [0.29, 0.717) is 23.7 Å². The number of furan rings is 1. The summed E-state index contributed by atoms with van der Waals surface area (Å²) in [6.07, 6.45) is 1.48. The average Bonchev–Trinajstić information content (AvgIpc) is 3.43. The number of carbonyl (C=O) groups is 2. The number of aryl methyl sites for hydroxylation is 1. The van der Waals surface area contributed by atoms with Crippen molar-refractivity contribution in [3.63, 3.8) is 0 Å². The Bertz CT molecular complexity index is 1190. The molecule has 170 valence electrons. The molecule has 0 radical (unpaired) electrons. The van der Waals surface area contributed by atoms with Crippen LogP contribution >= 0.6 is 0 Å². The van der Waals surface area contributed by atoms with Crippen molar-refractivity contribution < 1.29 is 28.6 Å². The monoisotopic (exact) mass is 447 g/mol. The van der Waals surface area contributed by atoms with Crippen molar-refractivity contribution in [3.8, 4) is 11.5 Å². The van der Waals surface area contributed by atoms with E-state index in [9.17, 15) is 14.7 Å². The Hall–Kier alpha value is -4.00. The Morgan fingerprint density at radius 3 is 2.48 bits per heavy atom. The number of carbonyl (C=O) groups excluding carboxylic acids is 2. The molecule has 33 heavy (non-hydrogen) atoms. The van der Waals surface area contributed by atoms with Crippen LogP contribution in [0.2, 0.25) is 0 Å². The zero-order valence-corrected chi connectivity index (χ0v) is 18.7. The first kappa shape index (κ1) is 22.2. The van der Waals surface area contributed by atoms with E-state index < -0.39 is 17.7 Å². The van der Waals surface area contributed by atoms with Gasteiger partial charge in [-0.1, -0.05) is 12.1 Å². The number of benzene rings is 2. The highest BCUT2D eigenvalue weighted by atomic mass is 16.5. The number of likely N-dealkylation sites (tertiary alicyclic amines) is 1. The van der Waals surface area contributed by atoms with Crippen LogP contribution in [0, 0.1) is 6.92 Å². The summed E-state index contributed by atoms with van der Waals surface area (Å²) in [7, 11) is 1.56. The number of Topliss-reactive ketones (excluding diaryl/α,β-unsaturated/α-hetero) is 1. The van der Waals surface area contributed by atoms with Crippen LogP contribution in [-0.2, 0) is 16.1 Å². The van der Waals surface area contributed by atoms with Gasteiger partial charge < -0.3 is 23.9 Å². The smallest absolute Gasteiger partial charge is 0.296 e. The van der Waals surface area contributed by atoms with Crippen molar-refractivity contribution in [3.05, 3.63) is 88.9 Å². The molecule has 1 aliphatic rings. The lowest BCUT2D eigenvalue weighted by molar-refractivity contribution is -0.140. The van der Waals surface area contributed by atoms with E-state index in [1.54, 1.807) is 37.4 Å². The maximum Gasteiger partial charge on any atom is 0.296 e. The maximum absolute atomic E-state index is 13.1. The first-order chi connectivity index (χ1) is 15.9. The van der Waals surface area contributed by atoms with Gasteiger partial charge in [0.05, 0.1) is 25.6 Å². The molecule has 3 aromatic rings. The standard InChI is InChI=1S/C26H25NO6/c1-4-32-19-10-7-17(8-11-19)15-27-23(21-6-5-13-33-21)22(25(29)26(27)30)24(28)18-9-12-20(31-3)16(2)14-18/h5-14,23,28H,4,15H2,1-3H3/b24-22-. The van der Waals surface area contributed by atoms with Gasteiger partial charge in [0.25, 0.3) is 11.7 Å². The lowest BCUT2D eigenvalue weighted by atomic mass is 9.98. The van der Waals surface area contributed by atoms with Gasteiger partial charge in [-0.3, -0.25) is 9.59 Å². The molecule has 2 heterocycles. The van der Waals surface area contributed by atoms with Gasteiger partial charge in [0.2, 0.25) is 0 Å². The van der Waals surface area contributed by atoms with Crippen LogP contribution in [0.25, 0.3) is 5.76 Å². The Morgan fingerprint density at radius 2 is 1.88 bits per heavy atom. The second kappa shape index (κ2) is 9.24. The summed E-state index contributed by atoms with van der Waals surface area (Å²) in [5.74, 6) is 0.0674. The first-order valence-electron chi connectivity index (χ1n) is 10.6. The summed E-state index contributed by atoms with van der Waals surface area (Å²) in [6, 6.07) is 14.9. The summed E-state index contributed by atoms with van der Waals surface area (Å²) < 4.78 is 16.3. The molecule has 1 aromatic heterocycles. The van der Waals surface area contributed by atoms with Gasteiger partial charge in [-0.2, -0.15) is 0 Å². The highest BCUT2D eigenvalue weighted by Gasteiger charge is 2.47. The van der Waals surface area contributed by atoms with Crippen molar-refractivity contribution in [1.82, 2.24) is 4.90 Å². The van der Waals surface area contributed by atoms with Crippen LogP contribution in [-0.4, -0.2) is 35.4 Å². The van der Waals surface area contributed by atoms with Crippen LogP contribution < -0.4 is 9.47 Å². The summed E-state index contributed by atoms with van der Waals surface area (Å²) in [5, 5.41) is 11.1. The average molecular weight is 447 g/mol. The number of hydrogen-bond donors (Lipinski definition) is 1. The summed E-state index contributed by atoms with van der Waals surface area (Å²) in [6.45, 7) is 4.46. The van der Waals surface area contributed by atoms with E-state index in [-0.39, 0.29) is 17.9 Å². The van der Waals surface area contributed by atoms with E-state index in [2.05, 4.69) is 0 Å². The quantitative estimate of drug-likeness (QED) is 0.323. The van der Waals surface area contributed by atoms with Crippen molar-refractivity contribution in [2.24, 2.45) is 0 Å². The lowest BCUT2D eigenvalue weighted by Gasteiger charge is -2.23. The molecule has 1 aliphatic heterocycles. The lowest BCUT2D eigenvalue weighted by Crippen LogP contribution is -2.29. The number of amides is 1. The molecule has 1 atom stereocenters. The molecule has 7 heteroatoms. The van der Waals surface area contributed by atoms with Gasteiger partial charge >= 0.3 is 0 Å². The number of hydrogen-bond acceptors (Lipinski definition) is 6. The fourth-order valence-corrected chi connectivity index (χ4v) is 4.02. The minimum Gasteiger partial charge on any atom is -0.507 e. The van der Waals surface area contributed by atoms with Crippen molar-refractivity contribution in [2.45, 2.75) is 26.4 Å². The van der Waals surface area contributed by atoms with Crippen LogP contribution in [0.3, 0.4) is 0 Å². The van der Waals surface area contributed by atoms with Crippen LogP contribution in [0.1, 0.15) is 35.4 Å². The number of ketones is 1. The highest BCUT2D eigenvalue weighted by molar-refractivity contribution is 6.46. The Labute approximate surface area is 191 Å².